The zero-order valence-electron chi connectivity index (χ0n) is 10.8. The third-order valence-corrected chi connectivity index (χ3v) is 2.62. The van der Waals surface area contributed by atoms with E-state index in [2.05, 4.69) is 10.1 Å². The Morgan fingerprint density at radius 3 is 2.84 bits per heavy atom. The fourth-order valence-electron chi connectivity index (χ4n) is 1.79. The molecule has 19 heavy (non-hydrogen) atoms. The van der Waals surface area contributed by atoms with Crippen LogP contribution in [0.3, 0.4) is 0 Å². The maximum absolute atomic E-state index is 11.6. The molecule has 0 radical (unpaired) electrons. The van der Waals surface area contributed by atoms with Crippen molar-refractivity contribution >= 4 is 18.0 Å². The molecule has 0 aromatic carbocycles. The quantitative estimate of drug-likeness (QED) is 0.692. The Labute approximate surface area is 110 Å². The number of carbonyl (C=O) groups is 3. The van der Waals surface area contributed by atoms with Crippen molar-refractivity contribution in [3.63, 3.8) is 0 Å². The normalized spacial score (nSPS) is 19.7. The fraction of sp³-hybridized carbons (Fsp3) is 0.727. The van der Waals surface area contributed by atoms with Gasteiger partial charge in [-0.3, -0.25) is 19.8 Å². The van der Waals surface area contributed by atoms with E-state index in [9.17, 15) is 14.4 Å². The molecule has 0 spiro atoms. The van der Waals surface area contributed by atoms with Crippen molar-refractivity contribution < 1.29 is 29.0 Å². The average Bonchev–Trinajstić information content (AvgIpc) is 2.31. The van der Waals surface area contributed by atoms with Gasteiger partial charge >= 0.3 is 12.1 Å². The molecule has 8 heteroatoms. The SMILES string of the molecule is CCOC(=O)NC(=O)CN1CCOCC1CC(=O)O. The fourth-order valence-corrected chi connectivity index (χ4v) is 1.79. The van der Waals surface area contributed by atoms with Crippen molar-refractivity contribution in [3.05, 3.63) is 0 Å². The number of morpholine rings is 1. The summed E-state index contributed by atoms with van der Waals surface area (Å²) in [5, 5.41) is 10.8. The van der Waals surface area contributed by atoms with E-state index in [0.29, 0.717) is 13.2 Å². The van der Waals surface area contributed by atoms with Crippen LogP contribution in [-0.2, 0) is 19.1 Å². The zero-order valence-corrected chi connectivity index (χ0v) is 10.8. The number of nitrogens with one attached hydrogen (secondary N) is 1. The Morgan fingerprint density at radius 1 is 1.47 bits per heavy atom. The zero-order chi connectivity index (χ0) is 14.3. The Morgan fingerprint density at radius 2 is 2.21 bits per heavy atom. The van der Waals surface area contributed by atoms with E-state index in [4.69, 9.17) is 9.84 Å². The molecule has 0 aliphatic carbocycles. The van der Waals surface area contributed by atoms with Gasteiger partial charge in [0.1, 0.15) is 0 Å². The van der Waals surface area contributed by atoms with Crippen molar-refractivity contribution in [2.45, 2.75) is 19.4 Å². The Bertz CT molecular complexity index is 346. The van der Waals surface area contributed by atoms with Gasteiger partial charge < -0.3 is 14.6 Å². The molecule has 1 unspecified atom stereocenters. The molecule has 1 atom stereocenters. The van der Waals surface area contributed by atoms with Gasteiger partial charge in [0, 0.05) is 12.6 Å². The van der Waals surface area contributed by atoms with Gasteiger partial charge in [0.25, 0.3) is 0 Å². The molecule has 0 aromatic rings. The largest absolute Gasteiger partial charge is 0.481 e. The van der Waals surface area contributed by atoms with Crippen LogP contribution < -0.4 is 5.32 Å². The third kappa shape index (κ3) is 5.66. The number of imide groups is 1. The summed E-state index contributed by atoms with van der Waals surface area (Å²) in [7, 11) is 0. The van der Waals surface area contributed by atoms with Gasteiger partial charge in [-0.15, -0.1) is 0 Å². The topological polar surface area (TPSA) is 105 Å². The number of aliphatic carboxylic acids is 1. The molecule has 2 N–H and O–H groups in total. The molecule has 108 valence electrons. The number of hydrogen-bond acceptors (Lipinski definition) is 6. The Kier molecular flexibility index (Phi) is 6.23. The number of nitrogens with zero attached hydrogens (tertiary/aromatic N) is 1. The maximum atomic E-state index is 11.6. The molecule has 1 heterocycles. The van der Waals surface area contributed by atoms with Gasteiger partial charge in [-0.05, 0) is 6.92 Å². The minimum Gasteiger partial charge on any atom is -0.481 e. The van der Waals surface area contributed by atoms with Gasteiger partial charge in [-0.25, -0.2) is 4.79 Å². The van der Waals surface area contributed by atoms with Crippen molar-refractivity contribution in [3.8, 4) is 0 Å². The number of ether oxygens (including phenoxy) is 2. The van der Waals surface area contributed by atoms with E-state index < -0.39 is 18.0 Å². The third-order valence-electron chi connectivity index (χ3n) is 2.62. The number of hydrogen-bond donors (Lipinski definition) is 2. The summed E-state index contributed by atoms with van der Waals surface area (Å²) in [5.41, 5.74) is 0. The van der Waals surface area contributed by atoms with Crippen LogP contribution in [0.15, 0.2) is 0 Å². The van der Waals surface area contributed by atoms with Crippen LogP contribution >= 0.6 is 0 Å². The van der Waals surface area contributed by atoms with E-state index >= 15 is 0 Å². The summed E-state index contributed by atoms with van der Waals surface area (Å²) < 4.78 is 9.77. The van der Waals surface area contributed by atoms with Gasteiger partial charge in [-0.1, -0.05) is 0 Å². The highest BCUT2D eigenvalue weighted by Crippen LogP contribution is 2.10. The number of rotatable bonds is 5. The molecule has 0 bridgehead atoms. The molecule has 2 amide bonds. The summed E-state index contributed by atoms with van der Waals surface area (Å²) in [6.07, 6.45) is -0.900. The van der Waals surface area contributed by atoms with Crippen molar-refractivity contribution in [2.75, 3.05) is 32.9 Å². The van der Waals surface area contributed by atoms with Crippen molar-refractivity contribution in [2.24, 2.45) is 0 Å². The maximum Gasteiger partial charge on any atom is 0.413 e. The van der Waals surface area contributed by atoms with Gasteiger partial charge in [0.05, 0.1) is 32.8 Å². The molecule has 1 aliphatic rings. The van der Waals surface area contributed by atoms with Gasteiger partial charge in [0.2, 0.25) is 5.91 Å². The van der Waals surface area contributed by atoms with E-state index in [1.54, 1.807) is 11.8 Å². The predicted molar refractivity (Wildman–Crippen MR) is 63.6 cm³/mol. The molecular weight excluding hydrogens is 256 g/mol. The number of carboxylic acids is 1. The summed E-state index contributed by atoms with van der Waals surface area (Å²) in [6.45, 7) is 2.91. The highest BCUT2D eigenvalue weighted by atomic mass is 16.5. The van der Waals surface area contributed by atoms with Crippen molar-refractivity contribution in [1.82, 2.24) is 10.2 Å². The van der Waals surface area contributed by atoms with Gasteiger partial charge in [0.15, 0.2) is 0 Å². The second-order valence-corrected chi connectivity index (χ2v) is 4.07. The summed E-state index contributed by atoms with van der Waals surface area (Å²) in [4.78, 5) is 35.0. The van der Waals surface area contributed by atoms with Crippen LogP contribution in [-0.4, -0.2) is 66.9 Å². The van der Waals surface area contributed by atoms with E-state index in [0.717, 1.165) is 0 Å². The number of amides is 2. The number of carboxylic acid groups (broad SMARTS) is 1. The highest BCUT2D eigenvalue weighted by molar-refractivity contribution is 5.92. The van der Waals surface area contributed by atoms with Crippen LogP contribution in [0.2, 0.25) is 0 Å². The number of carbonyl (C=O) groups excluding carboxylic acids is 2. The smallest absolute Gasteiger partial charge is 0.413 e. The molecule has 8 nitrogen and oxygen atoms in total. The van der Waals surface area contributed by atoms with Crippen LogP contribution in [0.25, 0.3) is 0 Å². The lowest BCUT2D eigenvalue weighted by Gasteiger charge is -2.33. The molecule has 1 fully saturated rings. The highest BCUT2D eigenvalue weighted by Gasteiger charge is 2.27. The minimum atomic E-state index is -0.952. The summed E-state index contributed by atoms with van der Waals surface area (Å²) in [6, 6.07) is -0.362. The second kappa shape index (κ2) is 7.70. The molecule has 1 saturated heterocycles. The molecule has 0 saturated carbocycles. The van der Waals surface area contributed by atoms with Crippen LogP contribution in [0.1, 0.15) is 13.3 Å². The van der Waals surface area contributed by atoms with Crippen LogP contribution in [0, 0.1) is 0 Å². The monoisotopic (exact) mass is 274 g/mol. The van der Waals surface area contributed by atoms with E-state index in [1.165, 1.54) is 0 Å². The standard InChI is InChI=1S/C11H18N2O6/c1-2-19-11(17)12-9(14)6-13-3-4-18-7-8(13)5-10(15)16/h8H,2-7H2,1H3,(H,15,16)(H,12,14,17). The number of alkyl carbamates (subject to hydrolysis) is 1. The first-order valence-corrected chi connectivity index (χ1v) is 6.03. The van der Waals surface area contributed by atoms with E-state index in [-0.39, 0.29) is 32.2 Å². The molecular formula is C11H18N2O6. The van der Waals surface area contributed by atoms with Gasteiger partial charge in [-0.2, -0.15) is 0 Å². The predicted octanol–water partition coefficient (Wildman–Crippen LogP) is -0.565. The minimum absolute atomic E-state index is 0.0554. The lowest BCUT2D eigenvalue weighted by Crippen LogP contribution is -2.51. The Hall–Kier alpha value is -1.67. The Balaban J connectivity index is 2.45. The van der Waals surface area contributed by atoms with Crippen molar-refractivity contribution in [1.29, 1.82) is 0 Å². The van der Waals surface area contributed by atoms with Crippen LogP contribution in [0.4, 0.5) is 4.79 Å². The lowest BCUT2D eigenvalue weighted by atomic mass is 10.1. The first-order chi connectivity index (χ1) is 9.02. The molecule has 0 aromatic heterocycles. The molecule has 1 rings (SSSR count). The van der Waals surface area contributed by atoms with E-state index in [1.807, 2.05) is 0 Å². The second-order valence-electron chi connectivity index (χ2n) is 4.07. The summed E-state index contributed by atoms with van der Waals surface area (Å²) >= 11 is 0. The first kappa shape index (κ1) is 15.4. The molecule has 1 aliphatic heterocycles. The lowest BCUT2D eigenvalue weighted by molar-refractivity contribution is -0.141. The van der Waals surface area contributed by atoms with Crippen LogP contribution in [0.5, 0.6) is 0 Å². The summed E-state index contributed by atoms with van der Waals surface area (Å²) in [5.74, 6) is -1.47. The first-order valence-electron chi connectivity index (χ1n) is 6.03. The average molecular weight is 274 g/mol.